The Morgan fingerprint density at radius 2 is 2.18 bits per heavy atom. The summed E-state index contributed by atoms with van der Waals surface area (Å²) >= 11 is 0. The Kier molecular flexibility index (Phi) is 2.32. The van der Waals surface area contributed by atoms with Gasteiger partial charge in [-0.15, -0.1) is 0 Å². The van der Waals surface area contributed by atoms with Gasteiger partial charge in [0.25, 0.3) is 0 Å². The zero-order chi connectivity index (χ0) is 11.8. The number of benzene rings is 1. The molecular formula is C14H13NO2. The molecule has 3 heteroatoms. The van der Waals surface area contributed by atoms with Crippen molar-refractivity contribution in [3.63, 3.8) is 0 Å². The molecule has 0 aliphatic heterocycles. The van der Waals surface area contributed by atoms with Crippen LogP contribution in [0.1, 0.15) is 24.3 Å². The van der Waals surface area contributed by atoms with Gasteiger partial charge in [-0.2, -0.15) is 0 Å². The zero-order valence-electron chi connectivity index (χ0n) is 9.34. The van der Waals surface area contributed by atoms with E-state index in [-0.39, 0.29) is 11.8 Å². The van der Waals surface area contributed by atoms with Crippen LogP contribution in [0.3, 0.4) is 0 Å². The molecular weight excluding hydrogens is 214 g/mol. The molecule has 1 aromatic carbocycles. The molecule has 0 bridgehead atoms. The lowest BCUT2D eigenvalue weighted by molar-refractivity contribution is -0.145. The van der Waals surface area contributed by atoms with E-state index < -0.39 is 5.97 Å². The van der Waals surface area contributed by atoms with Gasteiger partial charge in [0.15, 0.2) is 0 Å². The van der Waals surface area contributed by atoms with Gasteiger partial charge in [0.2, 0.25) is 0 Å². The van der Waals surface area contributed by atoms with E-state index in [0.29, 0.717) is 0 Å². The first-order valence-corrected chi connectivity index (χ1v) is 5.83. The van der Waals surface area contributed by atoms with Crippen molar-refractivity contribution < 1.29 is 9.90 Å². The lowest BCUT2D eigenvalue weighted by Crippen LogP contribution is -2.30. The van der Waals surface area contributed by atoms with E-state index in [2.05, 4.69) is 11.1 Å². The Labute approximate surface area is 99.1 Å². The van der Waals surface area contributed by atoms with Gasteiger partial charge in [-0.25, -0.2) is 0 Å². The van der Waals surface area contributed by atoms with Crippen molar-refractivity contribution >= 4 is 16.9 Å². The van der Waals surface area contributed by atoms with Crippen LogP contribution in [-0.4, -0.2) is 16.1 Å². The summed E-state index contributed by atoms with van der Waals surface area (Å²) in [5.41, 5.74) is 2.09. The molecule has 86 valence electrons. The number of hydrogen-bond acceptors (Lipinski definition) is 2. The monoisotopic (exact) mass is 227 g/mol. The number of fused-ring (bicyclic) bond motifs is 1. The highest BCUT2D eigenvalue weighted by atomic mass is 16.4. The van der Waals surface area contributed by atoms with Gasteiger partial charge in [0.05, 0.1) is 11.4 Å². The zero-order valence-corrected chi connectivity index (χ0v) is 9.34. The lowest BCUT2D eigenvalue weighted by Gasteiger charge is -2.33. The molecule has 0 amide bonds. The molecule has 0 radical (unpaired) electrons. The summed E-state index contributed by atoms with van der Waals surface area (Å²) in [5, 5.41) is 10.2. The molecule has 1 fully saturated rings. The van der Waals surface area contributed by atoms with Gasteiger partial charge in [-0.3, -0.25) is 9.78 Å². The fourth-order valence-electron chi connectivity index (χ4n) is 2.52. The third kappa shape index (κ3) is 1.68. The molecule has 2 unspecified atom stereocenters. The van der Waals surface area contributed by atoms with Crippen molar-refractivity contribution in [3.8, 4) is 0 Å². The molecule has 1 aliphatic carbocycles. The summed E-state index contributed by atoms with van der Waals surface area (Å²) in [7, 11) is 0. The van der Waals surface area contributed by atoms with E-state index in [1.165, 1.54) is 0 Å². The SMILES string of the molecule is O=C(O)C1CCC1c1ccc2ncccc2c1. The lowest BCUT2D eigenvalue weighted by atomic mass is 9.70. The largest absolute Gasteiger partial charge is 0.481 e. The van der Waals surface area contributed by atoms with Crippen LogP contribution in [0.25, 0.3) is 10.9 Å². The molecule has 17 heavy (non-hydrogen) atoms. The Balaban J connectivity index is 1.98. The van der Waals surface area contributed by atoms with Crippen LogP contribution in [0.5, 0.6) is 0 Å². The van der Waals surface area contributed by atoms with Crippen LogP contribution in [0.15, 0.2) is 36.5 Å². The summed E-state index contributed by atoms with van der Waals surface area (Å²) in [6.45, 7) is 0. The van der Waals surface area contributed by atoms with Gasteiger partial charge in [0, 0.05) is 11.6 Å². The molecule has 1 heterocycles. The highest BCUT2D eigenvalue weighted by Crippen LogP contribution is 2.43. The van der Waals surface area contributed by atoms with Crippen LogP contribution in [0, 0.1) is 5.92 Å². The Morgan fingerprint density at radius 1 is 1.29 bits per heavy atom. The quantitative estimate of drug-likeness (QED) is 0.858. The first-order chi connectivity index (χ1) is 8.25. The predicted molar refractivity (Wildman–Crippen MR) is 64.8 cm³/mol. The van der Waals surface area contributed by atoms with Gasteiger partial charge in [-0.05, 0) is 42.5 Å². The first kappa shape index (κ1) is 10.3. The van der Waals surface area contributed by atoms with Gasteiger partial charge >= 0.3 is 5.97 Å². The molecule has 2 atom stereocenters. The minimum Gasteiger partial charge on any atom is -0.481 e. The van der Waals surface area contributed by atoms with Crippen LogP contribution >= 0.6 is 0 Å². The Bertz CT molecular complexity index is 579. The molecule has 0 spiro atoms. The Hall–Kier alpha value is -1.90. The van der Waals surface area contributed by atoms with Crippen LogP contribution in [0.4, 0.5) is 0 Å². The normalized spacial score (nSPS) is 23.3. The minimum atomic E-state index is -0.674. The van der Waals surface area contributed by atoms with Gasteiger partial charge in [-0.1, -0.05) is 12.1 Å². The number of aromatic nitrogens is 1. The molecule has 1 aliphatic rings. The first-order valence-electron chi connectivity index (χ1n) is 5.83. The van der Waals surface area contributed by atoms with Gasteiger partial charge < -0.3 is 5.11 Å². The fourth-order valence-corrected chi connectivity index (χ4v) is 2.52. The molecule has 3 rings (SSSR count). The summed E-state index contributed by atoms with van der Waals surface area (Å²) in [6, 6.07) is 9.97. The number of nitrogens with zero attached hydrogens (tertiary/aromatic N) is 1. The van der Waals surface area contributed by atoms with Crippen molar-refractivity contribution in [2.24, 2.45) is 5.92 Å². The fraction of sp³-hybridized carbons (Fsp3) is 0.286. The van der Waals surface area contributed by atoms with E-state index in [1.807, 2.05) is 24.3 Å². The number of aliphatic carboxylic acids is 1. The van der Waals surface area contributed by atoms with E-state index in [0.717, 1.165) is 29.3 Å². The number of hydrogen-bond donors (Lipinski definition) is 1. The maximum absolute atomic E-state index is 11.0. The second-order valence-corrected chi connectivity index (χ2v) is 4.58. The van der Waals surface area contributed by atoms with E-state index >= 15 is 0 Å². The summed E-state index contributed by atoms with van der Waals surface area (Å²) in [6.07, 6.45) is 3.54. The van der Waals surface area contributed by atoms with Crippen LogP contribution in [-0.2, 0) is 4.79 Å². The number of pyridine rings is 1. The standard InChI is InChI=1S/C14H13NO2/c16-14(17)12-5-4-11(12)9-3-6-13-10(8-9)2-1-7-15-13/h1-3,6-8,11-12H,4-5H2,(H,16,17). The highest BCUT2D eigenvalue weighted by molar-refractivity contribution is 5.80. The molecule has 1 saturated carbocycles. The topological polar surface area (TPSA) is 50.2 Å². The molecule has 2 aromatic rings. The maximum Gasteiger partial charge on any atom is 0.307 e. The number of carboxylic acids is 1. The van der Waals surface area contributed by atoms with E-state index in [4.69, 9.17) is 5.11 Å². The summed E-state index contributed by atoms with van der Waals surface area (Å²) in [4.78, 5) is 15.3. The molecule has 3 nitrogen and oxygen atoms in total. The smallest absolute Gasteiger partial charge is 0.307 e. The summed E-state index contributed by atoms with van der Waals surface area (Å²) < 4.78 is 0. The van der Waals surface area contributed by atoms with E-state index in [9.17, 15) is 4.79 Å². The van der Waals surface area contributed by atoms with E-state index in [1.54, 1.807) is 6.20 Å². The molecule has 1 aromatic heterocycles. The highest BCUT2D eigenvalue weighted by Gasteiger charge is 2.37. The van der Waals surface area contributed by atoms with Crippen molar-refractivity contribution in [2.45, 2.75) is 18.8 Å². The van der Waals surface area contributed by atoms with Crippen molar-refractivity contribution in [1.29, 1.82) is 0 Å². The van der Waals surface area contributed by atoms with Gasteiger partial charge in [0.1, 0.15) is 0 Å². The second-order valence-electron chi connectivity index (χ2n) is 4.58. The van der Waals surface area contributed by atoms with Crippen molar-refractivity contribution in [2.75, 3.05) is 0 Å². The Morgan fingerprint density at radius 3 is 2.88 bits per heavy atom. The van der Waals surface area contributed by atoms with Crippen LogP contribution in [0.2, 0.25) is 0 Å². The third-order valence-corrected chi connectivity index (χ3v) is 3.65. The average Bonchev–Trinajstić information content (AvgIpc) is 2.26. The predicted octanol–water partition coefficient (Wildman–Crippen LogP) is 2.81. The third-order valence-electron chi connectivity index (χ3n) is 3.65. The average molecular weight is 227 g/mol. The summed E-state index contributed by atoms with van der Waals surface area (Å²) in [5.74, 6) is -0.700. The number of carboxylic acid groups (broad SMARTS) is 1. The van der Waals surface area contributed by atoms with Crippen LogP contribution < -0.4 is 0 Å². The molecule has 0 saturated heterocycles. The minimum absolute atomic E-state index is 0.178. The molecule has 1 N–H and O–H groups in total. The van der Waals surface area contributed by atoms with Crippen molar-refractivity contribution in [1.82, 2.24) is 4.98 Å². The second kappa shape index (κ2) is 3.84. The van der Waals surface area contributed by atoms with Crippen molar-refractivity contribution in [3.05, 3.63) is 42.1 Å². The number of carbonyl (C=O) groups is 1. The number of rotatable bonds is 2. The maximum atomic E-state index is 11.0.